The van der Waals surface area contributed by atoms with Crippen molar-refractivity contribution in [3.8, 4) is 0 Å². The van der Waals surface area contributed by atoms with Gasteiger partial charge in [0.1, 0.15) is 6.04 Å². The minimum atomic E-state index is -0.846. The van der Waals surface area contributed by atoms with Crippen LogP contribution in [0, 0.1) is 33.3 Å². The molecule has 3 saturated carbocycles. The molecule has 0 spiro atoms. The number of guanidine groups is 1. The van der Waals surface area contributed by atoms with Crippen molar-refractivity contribution in [2.24, 2.45) is 33.9 Å². The van der Waals surface area contributed by atoms with E-state index in [0.29, 0.717) is 24.7 Å². The molecule has 1 saturated heterocycles. The van der Waals surface area contributed by atoms with Gasteiger partial charge in [0, 0.05) is 6.54 Å². The topological polar surface area (TPSA) is 170 Å². The molecule has 4 aliphatic rings. The Morgan fingerprint density at radius 3 is 2.55 bits per heavy atom. The van der Waals surface area contributed by atoms with Crippen molar-refractivity contribution < 1.29 is 23.9 Å². The van der Waals surface area contributed by atoms with Crippen molar-refractivity contribution in [2.45, 2.75) is 96.8 Å². The quantitative estimate of drug-likeness (QED) is 0.0684. The van der Waals surface area contributed by atoms with Gasteiger partial charge < -0.3 is 25.7 Å². The number of nitro groups is 1. The van der Waals surface area contributed by atoms with E-state index in [1.54, 1.807) is 5.43 Å². The Morgan fingerprint density at radius 1 is 1.19 bits per heavy atom. The van der Waals surface area contributed by atoms with E-state index in [0.717, 1.165) is 18.4 Å². The summed E-state index contributed by atoms with van der Waals surface area (Å²) in [5.74, 6) is -0.0579. The van der Waals surface area contributed by atoms with E-state index in [4.69, 9.17) is 15.0 Å². The van der Waals surface area contributed by atoms with Crippen LogP contribution in [-0.4, -0.2) is 60.2 Å². The number of aliphatic imine (C=N–C) groups is 1. The van der Waals surface area contributed by atoms with Gasteiger partial charge in [-0.05, 0) is 67.8 Å². The van der Waals surface area contributed by atoms with E-state index in [-0.39, 0.29) is 54.6 Å². The molecular weight excluding hydrogens is 539 g/mol. The Labute approximate surface area is 248 Å². The highest BCUT2D eigenvalue weighted by Gasteiger charge is 2.68. The Hall–Kier alpha value is -3.19. The Kier molecular flexibility index (Phi) is 9.82. The summed E-state index contributed by atoms with van der Waals surface area (Å²) in [4.78, 5) is 41.2. The minimum absolute atomic E-state index is 0.0108. The maximum atomic E-state index is 13.7. The van der Waals surface area contributed by atoms with Gasteiger partial charge in [-0.1, -0.05) is 63.5 Å². The zero-order chi connectivity index (χ0) is 30.7. The van der Waals surface area contributed by atoms with Crippen molar-refractivity contribution in [3.05, 3.63) is 46.0 Å². The summed E-state index contributed by atoms with van der Waals surface area (Å²) < 4.78 is 13.2. The first-order valence-corrected chi connectivity index (χ1v) is 15.0. The summed E-state index contributed by atoms with van der Waals surface area (Å²) in [6, 6.07) is 8.45. The lowest BCUT2D eigenvalue weighted by atomic mass is 9.43. The molecule has 1 heterocycles. The van der Waals surface area contributed by atoms with Gasteiger partial charge in [0.05, 0.1) is 24.1 Å². The molecule has 42 heavy (non-hydrogen) atoms. The SMILES string of the molecule is CC(C)C[C@H](NC(=O)[C@H](CCCN=C(N)N[N+](=O)[O-])NC(=O)Cc1ccccc1)B1O[C@@H]2C[C@H]3C[C@H](C3(C)C)[C@]2(C)O1. The summed E-state index contributed by atoms with van der Waals surface area (Å²) in [7, 11) is -0.584. The number of hydrazine groups is 1. The van der Waals surface area contributed by atoms with E-state index < -0.39 is 29.7 Å². The normalized spacial score (nSPS) is 27.4. The van der Waals surface area contributed by atoms with Gasteiger partial charge in [-0.15, -0.1) is 0 Å². The van der Waals surface area contributed by atoms with Crippen LogP contribution in [0.25, 0.3) is 0 Å². The molecule has 5 rings (SSSR count). The minimum Gasteiger partial charge on any atom is -0.404 e. The summed E-state index contributed by atoms with van der Waals surface area (Å²) in [6.07, 6.45) is 3.49. The summed E-state index contributed by atoms with van der Waals surface area (Å²) >= 11 is 0. The molecule has 6 atom stereocenters. The molecule has 4 fully saturated rings. The molecule has 3 aliphatic carbocycles. The molecule has 13 heteroatoms. The summed E-state index contributed by atoms with van der Waals surface area (Å²) in [6.45, 7) is 11.1. The summed E-state index contributed by atoms with van der Waals surface area (Å²) in [5, 5.41) is 15.8. The van der Waals surface area contributed by atoms with Gasteiger partial charge in [-0.3, -0.25) is 9.59 Å². The fourth-order valence-electron chi connectivity index (χ4n) is 7.02. The van der Waals surface area contributed by atoms with Crippen LogP contribution in [0.3, 0.4) is 0 Å². The van der Waals surface area contributed by atoms with Gasteiger partial charge in [-0.2, -0.15) is 0 Å². The van der Waals surface area contributed by atoms with Crippen molar-refractivity contribution in [2.75, 3.05) is 6.54 Å². The highest BCUT2D eigenvalue weighted by Crippen LogP contribution is 2.65. The average molecular weight is 585 g/mol. The first-order chi connectivity index (χ1) is 19.8. The zero-order valence-corrected chi connectivity index (χ0v) is 25.3. The Morgan fingerprint density at radius 2 is 1.90 bits per heavy atom. The fourth-order valence-corrected chi connectivity index (χ4v) is 7.02. The molecule has 2 bridgehead atoms. The molecule has 1 aliphatic heterocycles. The lowest BCUT2D eigenvalue weighted by molar-refractivity contribution is -0.525. The number of amides is 2. The lowest BCUT2D eigenvalue weighted by Gasteiger charge is -2.64. The van der Waals surface area contributed by atoms with Crippen LogP contribution < -0.4 is 21.8 Å². The van der Waals surface area contributed by atoms with Gasteiger partial charge in [-0.25, -0.2) is 15.1 Å². The van der Waals surface area contributed by atoms with Gasteiger partial charge >= 0.3 is 7.12 Å². The van der Waals surface area contributed by atoms with E-state index in [1.807, 2.05) is 30.3 Å². The van der Waals surface area contributed by atoms with Crippen molar-refractivity contribution in [1.82, 2.24) is 16.1 Å². The van der Waals surface area contributed by atoms with E-state index in [1.165, 1.54) is 0 Å². The van der Waals surface area contributed by atoms with E-state index >= 15 is 0 Å². The average Bonchev–Trinajstić information content (AvgIpc) is 3.27. The molecule has 0 aromatic heterocycles. The van der Waals surface area contributed by atoms with Crippen molar-refractivity contribution in [3.63, 3.8) is 0 Å². The lowest BCUT2D eigenvalue weighted by Crippen LogP contribution is -2.65. The third-order valence-electron chi connectivity index (χ3n) is 9.35. The number of nitrogens with zero attached hydrogens (tertiary/aromatic N) is 2. The first kappa shape index (κ1) is 31.7. The second-order valence-corrected chi connectivity index (χ2v) is 13.1. The maximum absolute atomic E-state index is 13.7. The number of carbonyl (C=O) groups excluding carboxylic acids is 2. The second kappa shape index (κ2) is 13.0. The molecule has 1 aromatic rings. The van der Waals surface area contributed by atoms with E-state index in [2.05, 4.69) is 50.2 Å². The molecule has 1 aromatic carbocycles. The largest absolute Gasteiger partial charge is 0.481 e. The molecule has 5 N–H and O–H groups in total. The van der Waals surface area contributed by atoms with Crippen LogP contribution >= 0.6 is 0 Å². The monoisotopic (exact) mass is 584 g/mol. The molecule has 0 radical (unpaired) electrons. The first-order valence-electron chi connectivity index (χ1n) is 15.0. The number of benzene rings is 1. The third kappa shape index (κ3) is 7.23. The van der Waals surface area contributed by atoms with Gasteiger partial charge in [0.2, 0.25) is 11.8 Å². The Bertz CT molecular complexity index is 1170. The van der Waals surface area contributed by atoms with Crippen LogP contribution in [0.1, 0.15) is 72.3 Å². The maximum Gasteiger partial charge on any atom is 0.481 e. The summed E-state index contributed by atoms with van der Waals surface area (Å²) in [5.41, 5.74) is 7.94. The van der Waals surface area contributed by atoms with Crippen molar-refractivity contribution in [1.29, 1.82) is 0 Å². The van der Waals surface area contributed by atoms with Crippen LogP contribution in [0.4, 0.5) is 0 Å². The van der Waals surface area contributed by atoms with Crippen molar-refractivity contribution >= 4 is 24.9 Å². The molecular formula is C29H45BN6O6. The van der Waals surface area contributed by atoms with Gasteiger partial charge in [0.25, 0.3) is 5.96 Å². The van der Waals surface area contributed by atoms with Gasteiger partial charge in [0.15, 0.2) is 5.03 Å². The van der Waals surface area contributed by atoms with Crippen LogP contribution in [-0.2, 0) is 25.3 Å². The fraction of sp³-hybridized carbons (Fsp3) is 0.690. The van der Waals surface area contributed by atoms with E-state index in [9.17, 15) is 19.7 Å². The number of nitrogens with two attached hydrogens (primary N) is 1. The molecule has 2 amide bonds. The number of carbonyl (C=O) groups is 2. The highest BCUT2D eigenvalue weighted by molar-refractivity contribution is 6.48. The third-order valence-corrected chi connectivity index (χ3v) is 9.35. The molecule has 12 nitrogen and oxygen atoms in total. The molecule has 0 unspecified atom stereocenters. The number of rotatable bonds is 13. The smallest absolute Gasteiger partial charge is 0.404 e. The number of nitrogens with one attached hydrogen (secondary N) is 3. The standard InChI is InChI=1S/C29H45BN6O6/c1-18(2)14-24(30-41-23-17-20-16-22(28(20,3)4)29(23,5)42-30)34-26(38)21(12-9-13-32-27(31)35-36(39)40)33-25(37)15-19-10-7-6-8-11-19/h6-8,10-11,18,20-24H,9,12-17H2,1-5H3,(H,33,37)(H,34,38)(H3,31,32,35)/t20-,21+,22-,23-,24+,29+/m1/s1. The number of hydrogen-bond acceptors (Lipinski definition) is 7. The zero-order valence-electron chi connectivity index (χ0n) is 25.3. The van der Waals surface area contributed by atoms with Crippen LogP contribution in [0.2, 0.25) is 0 Å². The van der Waals surface area contributed by atoms with Crippen LogP contribution in [0.5, 0.6) is 0 Å². The highest BCUT2D eigenvalue weighted by atomic mass is 16.7. The van der Waals surface area contributed by atoms with Crippen LogP contribution in [0.15, 0.2) is 35.3 Å². The number of hydrogen-bond donors (Lipinski definition) is 4. The molecule has 230 valence electrons. The Balaban J connectivity index is 1.44. The predicted molar refractivity (Wildman–Crippen MR) is 159 cm³/mol. The second-order valence-electron chi connectivity index (χ2n) is 13.1. The predicted octanol–water partition coefficient (Wildman–Crippen LogP) is 2.39.